The Morgan fingerprint density at radius 3 is 2.55 bits per heavy atom. The zero-order valence-corrected chi connectivity index (χ0v) is 19.0. The molecule has 0 aromatic heterocycles. The SMILES string of the molecule is CC1=C(C(=O)OC(C)C)[C@H](c2ccc3c(c2)OCO3)C2=C(C[C@H](c3ccccc3)CC2=O)N1. The lowest BCUT2D eigenvalue weighted by Crippen LogP contribution is -2.36. The van der Waals surface area contributed by atoms with Crippen molar-refractivity contribution in [3.63, 3.8) is 0 Å². The van der Waals surface area contributed by atoms with Crippen molar-refractivity contribution >= 4 is 11.8 Å². The van der Waals surface area contributed by atoms with Gasteiger partial charge in [0.15, 0.2) is 17.3 Å². The Bertz CT molecular complexity index is 1180. The van der Waals surface area contributed by atoms with E-state index in [2.05, 4.69) is 17.4 Å². The summed E-state index contributed by atoms with van der Waals surface area (Å²) in [6.45, 7) is 5.67. The van der Waals surface area contributed by atoms with Crippen LogP contribution in [-0.4, -0.2) is 24.6 Å². The van der Waals surface area contributed by atoms with Crippen molar-refractivity contribution in [2.24, 2.45) is 0 Å². The van der Waals surface area contributed by atoms with Crippen molar-refractivity contribution in [3.05, 3.63) is 82.2 Å². The number of allylic oxidation sites excluding steroid dienone is 3. The molecule has 2 atom stereocenters. The molecule has 170 valence electrons. The summed E-state index contributed by atoms with van der Waals surface area (Å²) in [4.78, 5) is 26.8. The maximum absolute atomic E-state index is 13.6. The van der Waals surface area contributed by atoms with Crippen LogP contribution in [0.4, 0.5) is 0 Å². The van der Waals surface area contributed by atoms with Crippen LogP contribution in [0.5, 0.6) is 11.5 Å². The number of nitrogens with one attached hydrogen (secondary N) is 1. The van der Waals surface area contributed by atoms with Crippen LogP contribution in [-0.2, 0) is 14.3 Å². The van der Waals surface area contributed by atoms with Crippen LogP contribution in [0.1, 0.15) is 56.6 Å². The fraction of sp³-hybridized carbons (Fsp3) is 0.333. The van der Waals surface area contributed by atoms with Gasteiger partial charge in [-0.25, -0.2) is 4.79 Å². The van der Waals surface area contributed by atoms with Gasteiger partial charge in [-0.2, -0.15) is 0 Å². The third-order valence-electron chi connectivity index (χ3n) is 6.39. The number of carbonyl (C=O) groups is 2. The molecule has 6 nitrogen and oxygen atoms in total. The highest BCUT2D eigenvalue weighted by atomic mass is 16.7. The molecule has 2 heterocycles. The largest absolute Gasteiger partial charge is 0.460 e. The molecule has 1 N–H and O–H groups in total. The van der Waals surface area contributed by atoms with E-state index >= 15 is 0 Å². The highest BCUT2D eigenvalue weighted by molar-refractivity contribution is 6.04. The maximum atomic E-state index is 13.6. The van der Waals surface area contributed by atoms with Crippen molar-refractivity contribution in [2.75, 3.05) is 6.79 Å². The first-order chi connectivity index (χ1) is 15.9. The molecule has 0 saturated carbocycles. The predicted molar refractivity (Wildman–Crippen MR) is 123 cm³/mol. The summed E-state index contributed by atoms with van der Waals surface area (Å²) in [5.41, 5.74) is 4.65. The van der Waals surface area contributed by atoms with E-state index in [-0.39, 0.29) is 24.6 Å². The van der Waals surface area contributed by atoms with E-state index in [4.69, 9.17) is 14.2 Å². The average molecular weight is 446 g/mol. The predicted octanol–water partition coefficient (Wildman–Crippen LogP) is 4.73. The summed E-state index contributed by atoms with van der Waals surface area (Å²) >= 11 is 0. The maximum Gasteiger partial charge on any atom is 0.337 e. The van der Waals surface area contributed by atoms with Gasteiger partial charge in [0.25, 0.3) is 0 Å². The lowest BCUT2D eigenvalue weighted by molar-refractivity contribution is -0.143. The minimum absolute atomic E-state index is 0.0441. The number of esters is 1. The summed E-state index contributed by atoms with van der Waals surface area (Å²) in [6.07, 6.45) is 0.836. The van der Waals surface area contributed by atoms with Crippen LogP contribution in [0.3, 0.4) is 0 Å². The second kappa shape index (κ2) is 8.43. The lowest BCUT2D eigenvalue weighted by atomic mass is 9.71. The number of hydrogen-bond acceptors (Lipinski definition) is 6. The molecule has 6 heteroatoms. The molecule has 5 rings (SSSR count). The number of dihydropyridines is 1. The third-order valence-corrected chi connectivity index (χ3v) is 6.39. The lowest BCUT2D eigenvalue weighted by Gasteiger charge is -2.37. The smallest absolute Gasteiger partial charge is 0.337 e. The molecule has 0 spiro atoms. The van der Waals surface area contributed by atoms with Gasteiger partial charge in [0.2, 0.25) is 6.79 Å². The number of Topliss-reactive ketones (excluding diaryl/α,β-unsaturated/α-hetero) is 1. The second-order valence-corrected chi connectivity index (χ2v) is 8.99. The van der Waals surface area contributed by atoms with Crippen molar-refractivity contribution in [1.82, 2.24) is 5.32 Å². The zero-order chi connectivity index (χ0) is 23.1. The standard InChI is InChI=1S/C27H27NO5/c1-15(2)33-27(30)24-16(3)28-20-11-19(17-7-5-4-6-8-17)12-21(29)26(20)25(24)18-9-10-22-23(13-18)32-14-31-22/h4-10,13,15,19,25,28H,11-12,14H2,1-3H3/t19-,25-/m0/s1. The van der Waals surface area contributed by atoms with E-state index in [0.29, 0.717) is 41.2 Å². The Morgan fingerprint density at radius 2 is 1.79 bits per heavy atom. The van der Waals surface area contributed by atoms with Crippen LogP contribution in [0.2, 0.25) is 0 Å². The van der Waals surface area contributed by atoms with Gasteiger partial charge in [-0.05, 0) is 56.4 Å². The van der Waals surface area contributed by atoms with Gasteiger partial charge in [0.05, 0.1) is 11.7 Å². The molecule has 0 radical (unpaired) electrons. The van der Waals surface area contributed by atoms with Gasteiger partial charge in [0.1, 0.15) is 0 Å². The molecule has 33 heavy (non-hydrogen) atoms. The van der Waals surface area contributed by atoms with Crippen LogP contribution in [0.15, 0.2) is 71.1 Å². The number of hydrogen-bond donors (Lipinski definition) is 1. The van der Waals surface area contributed by atoms with E-state index in [0.717, 1.165) is 16.8 Å². The molecule has 1 aliphatic carbocycles. The van der Waals surface area contributed by atoms with Crippen molar-refractivity contribution < 1.29 is 23.8 Å². The number of ether oxygens (including phenoxy) is 3. The van der Waals surface area contributed by atoms with Gasteiger partial charge >= 0.3 is 5.97 Å². The van der Waals surface area contributed by atoms with Gasteiger partial charge in [-0.15, -0.1) is 0 Å². The summed E-state index contributed by atoms with van der Waals surface area (Å²) in [6, 6.07) is 15.7. The minimum atomic E-state index is -0.522. The molecule has 0 amide bonds. The average Bonchev–Trinajstić information content (AvgIpc) is 3.26. The first-order valence-electron chi connectivity index (χ1n) is 11.3. The normalized spacial score (nSPS) is 21.8. The Hall–Kier alpha value is -3.54. The number of rotatable bonds is 4. The van der Waals surface area contributed by atoms with Crippen LogP contribution in [0.25, 0.3) is 0 Å². The third kappa shape index (κ3) is 3.90. The molecule has 0 unspecified atom stereocenters. The van der Waals surface area contributed by atoms with Crippen molar-refractivity contribution in [3.8, 4) is 11.5 Å². The molecular formula is C27H27NO5. The van der Waals surface area contributed by atoms with Gasteiger partial charge in [-0.1, -0.05) is 36.4 Å². The first-order valence-corrected chi connectivity index (χ1v) is 11.3. The monoisotopic (exact) mass is 445 g/mol. The number of fused-ring (bicyclic) bond motifs is 1. The molecule has 2 aromatic carbocycles. The second-order valence-electron chi connectivity index (χ2n) is 8.99. The van der Waals surface area contributed by atoms with Crippen LogP contribution < -0.4 is 14.8 Å². The van der Waals surface area contributed by atoms with Crippen molar-refractivity contribution in [1.29, 1.82) is 0 Å². The summed E-state index contributed by atoms with van der Waals surface area (Å²) in [5, 5.41) is 3.39. The van der Waals surface area contributed by atoms with E-state index in [1.807, 2.05) is 57.2 Å². The zero-order valence-electron chi connectivity index (χ0n) is 19.0. The molecule has 0 saturated heterocycles. The minimum Gasteiger partial charge on any atom is -0.460 e. The quantitative estimate of drug-likeness (QED) is 0.686. The van der Waals surface area contributed by atoms with E-state index < -0.39 is 11.9 Å². The summed E-state index contributed by atoms with van der Waals surface area (Å²) in [7, 11) is 0. The Balaban J connectivity index is 1.60. The summed E-state index contributed by atoms with van der Waals surface area (Å²) < 4.78 is 16.6. The highest BCUT2D eigenvalue weighted by Gasteiger charge is 2.42. The number of ketones is 1. The number of carbonyl (C=O) groups excluding carboxylic acids is 2. The first kappa shape index (κ1) is 21.3. The Morgan fingerprint density at radius 1 is 1.03 bits per heavy atom. The highest BCUT2D eigenvalue weighted by Crippen LogP contribution is 2.47. The summed E-state index contributed by atoms with van der Waals surface area (Å²) in [5.74, 6) is 0.483. The molecule has 3 aliphatic rings. The number of benzene rings is 2. The topological polar surface area (TPSA) is 73.9 Å². The molecule has 2 aromatic rings. The van der Waals surface area contributed by atoms with E-state index in [1.165, 1.54) is 0 Å². The van der Waals surface area contributed by atoms with E-state index in [1.54, 1.807) is 0 Å². The van der Waals surface area contributed by atoms with Gasteiger partial charge < -0.3 is 19.5 Å². The van der Waals surface area contributed by atoms with Gasteiger partial charge in [-0.3, -0.25) is 4.79 Å². The van der Waals surface area contributed by atoms with E-state index in [9.17, 15) is 9.59 Å². The van der Waals surface area contributed by atoms with Crippen LogP contribution in [0, 0.1) is 0 Å². The van der Waals surface area contributed by atoms with Gasteiger partial charge in [0, 0.05) is 29.3 Å². The molecule has 0 fully saturated rings. The van der Waals surface area contributed by atoms with Crippen molar-refractivity contribution in [2.45, 2.75) is 51.6 Å². The fourth-order valence-electron chi connectivity index (χ4n) is 4.97. The van der Waals surface area contributed by atoms with Crippen LogP contribution >= 0.6 is 0 Å². The Labute approximate surface area is 193 Å². The molecule has 0 bridgehead atoms. The molecular weight excluding hydrogens is 418 g/mol. The Kier molecular flexibility index (Phi) is 5.44. The molecule has 2 aliphatic heterocycles. The fourth-order valence-corrected chi connectivity index (χ4v) is 4.97.